The second kappa shape index (κ2) is 6.93. The molecule has 1 saturated heterocycles. The molecule has 0 aromatic heterocycles. The van der Waals surface area contributed by atoms with Crippen LogP contribution in [-0.4, -0.2) is 36.2 Å². The summed E-state index contributed by atoms with van der Waals surface area (Å²) >= 11 is 0. The van der Waals surface area contributed by atoms with Crippen LogP contribution in [-0.2, 0) is 6.42 Å². The van der Waals surface area contributed by atoms with E-state index in [9.17, 15) is 5.11 Å². The van der Waals surface area contributed by atoms with Gasteiger partial charge in [-0.2, -0.15) is 0 Å². The highest BCUT2D eigenvalue weighted by molar-refractivity contribution is 5.15. The van der Waals surface area contributed by atoms with Gasteiger partial charge in [-0.05, 0) is 56.7 Å². The third-order valence-electron chi connectivity index (χ3n) is 5.63. The Labute approximate surface area is 129 Å². The Morgan fingerprint density at radius 3 is 2.33 bits per heavy atom. The van der Waals surface area contributed by atoms with Crippen LogP contribution in [0.4, 0.5) is 0 Å². The number of nitrogens with zero attached hydrogens (tertiary/aromatic N) is 1. The van der Waals surface area contributed by atoms with Crippen LogP contribution in [0.3, 0.4) is 0 Å². The van der Waals surface area contributed by atoms with Crippen LogP contribution < -0.4 is 0 Å². The van der Waals surface area contributed by atoms with Gasteiger partial charge in [0.15, 0.2) is 0 Å². The van der Waals surface area contributed by atoms with Crippen molar-refractivity contribution in [3.05, 3.63) is 35.9 Å². The van der Waals surface area contributed by atoms with E-state index in [2.05, 4.69) is 35.2 Å². The van der Waals surface area contributed by atoms with E-state index in [0.717, 1.165) is 12.5 Å². The van der Waals surface area contributed by atoms with Crippen LogP contribution in [0.2, 0.25) is 0 Å². The molecule has 116 valence electrons. The molecule has 0 unspecified atom stereocenters. The van der Waals surface area contributed by atoms with Crippen molar-refractivity contribution in [2.24, 2.45) is 11.3 Å². The van der Waals surface area contributed by atoms with Gasteiger partial charge in [0, 0.05) is 18.6 Å². The number of piperidine rings is 1. The fourth-order valence-corrected chi connectivity index (χ4v) is 4.26. The van der Waals surface area contributed by atoms with Gasteiger partial charge in [-0.1, -0.05) is 43.2 Å². The first-order valence-electron chi connectivity index (χ1n) is 8.67. The Kier molecular flexibility index (Phi) is 4.97. The molecular formula is C19H29NO. The molecule has 1 heterocycles. The number of rotatable bonds is 5. The Morgan fingerprint density at radius 1 is 1.05 bits per heavy atom. The van der Waals surface area contributed by atoms with E-state index >= 15 is 0 Å². The Morgan fingerprint density at radius 2 is 1.71 bits per heavy atom. The highest BCUT2D eigenvalue weighted by atomic mass is 16.3. The molecule has 1 aliphatic heterocycles. The number of benzene rings is 1. The van der Waals surface area contributed by atoms with Gasteiger partial charge in [-0.15, -0.1) is 0 Å². The fraction of sp³-hybridized carbons (Fsp3) is 0.684. The van der Waals surface area contributed by atoms with E-state index in [0.29, 0.717) is 6.61 Å². The summed E-state index contributed by atoms with van der Waals surface area (Å²) < 4.78 is 0. The average molecular weight is 287 g/mol. The molecule has 0 bridgehead atoms. The summed E-state index contributed by atoms with van der Waals surface area (Å²) in [4.78, 5) is 2.61. The topological polar surface area (TPSA) is 23.5 Å². The van der Waals surface area contributed by atoms with Crippen LogP contribution in [0.25, 0.3) is 0 Å². The molecule has 1 aromatic carbocycles. The molecule has 0 spiro atoms. The van der Waals surface area contributed by atoms with E-state index in [1.165, 1.54) is 63.6 Å². The van der Waals surface area contributed by atoms with Gasteiger partial charge in [-0.3, -0.25) is 0 Å². The maximum absolute atomic E-state index is 9.77. The lowest BCUT2D eigenvalue weighted by Gasteiger charge is -2.38. The maximum Gasteiger partial charge on any atom is 0.0499 e. The van der Waals surface area contributed by atoms with Gasteiger partial charge in [0.1, 0.15) is 0 Å². The molecule has 2 fully saturated rings. The van der Waals surface area contributed by atoms with Crippen LogP contribution in [0.15, 0.2) is 30.3 Å². The number of aliphatic hydroxyl groups excluding tert-OH is 1. The summed E-state index contributed by atoms with van der Waals surface area (Å²) in [6.45, 7) is 3.96. The molecule has 0 amide bonds. The van der Waals surface area contributed by atoms with Gasteiger partial charge in [0.25, 0.3) is 0 Å². The summed E-state index contributed by atoms with van der Waals surface area (Å²) in [5.41, 5.74) is 1.71. The molecular weight excluding hydrogens is 258 g/mol. The zero-order valence-corrected chi connectivity index (χ0v) is 13.1. The average Bonchev–Trinajstić information content (AvgIpc) is 2.99. The molecule has 0 radical (unpaired) electrons. The fourth-order valence-electron chi connectivity index (χ4n) is 4.26. The second-order valence-corrected chi connectivity index (χ2v) is 7.27. The first-order valence-corrected chi connectivity index (χ1v) is 8.67. The van der Waals surface area contributed by atoms with Crippen molar-refractivity contribution in [2.45, 2.75) is 44.9 Å². The van der Waals surface area contributed by atoms with Crippen molar-refractivity contribution >= 4 is 0 Å². The van der Waals surface area contributed by atoms with Gasteiger partial charge < -0.3 is 10.0 Å². The summed E-state index contributed by atoms with van der Waals surface area (Å²) in [5, 5.41) is 9.77. The first kappa shape index (κ1) is 15.1. The quantitative estimate of drug-likeness (QED) is 0.896. The van der Waals surface area contributed by atoms with E-state index in [4.69, 9.17) is 0 Å². The SMILES string of the molecule is OCC1(CN2CCC(Cc3ccccc3)CC2)CCCC1. The van der Waals surface area contributed by atoms with E-state index < -0.39 is 0 Å². The van der Waals surface area contributed by atoms with Crippen molar-refractivity contribution in [1.82, 2.24) is 4.90 Å². The standard InChI is InChI=1S/C19H29NO/c21-16-19(10-4-5-11-19)15-20-12-8-18(9-13-20)14-17-6-2-1-3-7-17/h1-3,6-7,18,21H,4-5,8-16H2. The monoisotopic (exact) mass is 287 g/mol. The molecule has 21 heavy (non-hydrogen) atoms. The van der Waals surface area contributed by atoms with Gasteiger partial charge in [-0.25, -0.2) is 0 Å². The molecule has 1 aliphatic carbocycles. The van der Waals surface area contributed by atoms with Gasteiger partial charge in [0.05, 0.1) is 0 Å². The van der Waals surface area contributed by atoms with E-state index in [-0.39, 0.29) is 5.41 Å². The first-order chi connectivity index (χ1) is 10.3. The van der Waals surface area contributed by atoms with Crippen molar-refractivity contribution < 1.29 is 5.11 Å². The molecule has 3 rings (SSSR count). The largest absolute Gasteiger partial charge is 0.396 e. The predicted octanol–water partition coefficient (Wildman–Crippen LogP) is 3.49. The normalized spacial score (nSPS) is 23.5. The van der Waals surface area contributed by atoms with Crippen molar-refractivity contribution in [2.75, 3.05) is 26.2 Å². The van der Waals surface area contributed by atoms with Crippen molar-refractivity contribution in [3.8, 4) is 0 Å². The van der Waals surface area contributed by atoms with Gasteiger partial charge >= 0.3 is 0 Å². The minimum atomic E-state index is 0.228. The predicted molar refractivity (Wildman–Crippen MR) is 87.3 cm³/mol. The van der Waals surface area contributed by atoms with Gasteiger partial charge in [0.2, 0.25) is 0 Å². The number of hydrogen-bond acceptors (Lipinski definition) is 2. The molecule has 1 N–H and O–H groups in total. The minimum Gasteiger partial charge on any atom is -0.396 e. The van der Waals surface area contributed by atoms with Crippen LogP contribution >= 0.6 is 0 Å². The van der Waals surface area contributed by atoms with Crippen LogP contribution in [0, 0.1) is 11.3 Å². The summed E-state index contributed by atoms with van der Waals surface area (Å²) in [5.74, 6) is 0.845. The smallest absolute Gasteiger partial charge is 0.0499 e. The molecule has 2 heteroatoms. The molecule has 2 aliphatic rings. The highest BCUT2D eigenvalue weighted by Gasteiger charge is 2.35. The number of aliphatic hydroxyl groups is 1. The molecule has 1 aromatic rings. The van der Waals surface area contributed by atoms with E-state index in [1.54, 1.807) is 0 Å². The third-order valence-corrected chi connectivity index (χ3v) is 5.63. The maximum atomic E-state index is 9.77. The molecule has 2 nitrogen and oxygen atoms in total. The second-order valence-electron chi connectivity index (χ2n) is 7.27. The zero-order valence-electron chi connectivity index (χ0n) is 13.1. The molecule has 0 atom stereocenters. The van der Waals surface area contributed by atoms with E-state index in [1.807, 2.05) is 0 Å². The summed E-state index contributed by atoms with van der Waals surface area (Å²) in [6.07, 6.45) is 8.95. The number of likely N-dealkylation sites (tertiary alicyclic amines) is 1. The minimum absolute atomic E-state index is 0.228. The Bertz CT molecular complexity index is 416. The van der Waals surface area contributed by atoms with Crippen LogP contribution in [0.5, 0.6) is 0 Å². The Hall–Kier alpha value is -0.860. The van der Waals surface area contributed by atoms with Crippen LogP contribution in [0.1, 0.15) is 44.1 Å². The molecule has 1 saturated carbocycles. The lowest BCUT2D eigenvalue weighted by molar-refractivity contribution is 0.0611. The highest BCUT2D eigenvalue weighted by Crippen LogP contribution is 2.39. The summed E-state index contributed by atoms with van der Waals surface area (Å²) in [6, 6.07) is 10.9. The van der Waals surface area contributed by atoms with Crippen molar-refractivity contribution in [1.29, 1.82) is 0 Å². The zero-order chi connectivity index (χ0) is 14.5. The lowest BCUT2D eigenvalue weighted by atomic mass is 9.84. The lowest BCUT2D eigenvalue weighted by Crippen LogP contribution is -2.43. The Balaban J connectivity index is 1.47. The third kappa shape index (κ3) is 3.87. The summed E-state index contributed by atoms with van der Waals surface area (Å²) in [7, 11) is 0. The van der Waals surface area contributed by atoms with Crippen molar-refractivity contribution in [3.63, 3.8) is 0 Å². The number of hydrogen-bond donors (Lipinski definition) is 1.